The number of alkyl halides is 3. The van der Waals surface area contributed by atoms with Crippen molar-refractivity contribution in [1.82, 2.24) is 14.9 Å². The first-order valence-electron chi connectivity index (χ1n) is 9.67. The predicted octanol–water partition coefficient (Wildman–Crippen LogP) is 4.39. The highest BCUT2D eigenvalue weighted by molar-refractivity contribution is 7.99. The molecule has 2 aliphatic rings. The third-order valence-corrected chi connectivity index (χ3v) is 5.77. The number of piperidine rings is 1. The number of halogens is 3. The highest BCUT2D eigenvalue weighted by Gasteiger charge is 2.34. The second kappa shape index (κ2) is 8.71. The number of hydrogen-bond acceptors (Lipinski definition) is 6. The number of likely N-dealkylation sites (tertiary alicyclic amines) is 1. The van der Waals surface area contributed by atoms with Gasteiger partial charge in [0, 0.05) is 30.8 Å². The molecule has 4 rings (SSSR count). The Kier molecular flexibility index (Phi) is 6.03. The monoisotopic (exact) mass is 439 g/mol. The van der Waals surface area contributed by atoms with Crippen molar-refractivity contribution in [2.75, 3.05) is 25.6 Å². The van der Waals surface area contributed by atoms with Crippen LogP contribution in [0.2, 0.25) is 0 Å². The molecule has 6 nitrogen and oxygen atoms in total. The van der Waals surface area contributed by atoms with Gasteiger partial charge in [0.25, 0.3) is 0 Å². The van der Waals surface area contributed by atoms with Crippen LogP contribution in [-0.2, 0) is 11.0 Å². The molecule has 0 aliphatic carbocycles. The van der Waals surface area contributed by atoms with Crippen molar-refractivity contribution in [3.05, 3.63) is 30.0 Å². The molecule has 2 aromatic rings. The molecule has 1 amide bonds. The summed E-state index contributed by atoms with van der Waals surface area (Å²) in [4.78, 5) is 22.0. The molecule has 0 unspecified atom stereocenters. The van der Waals surface area contributed by atoms with Crippen LogP contribution in [-0.4, -0.2) is 46.4 Å². The summed E-state index contributed by atoms with van der Waals surface area (Å²) >= 11 is 1.05. The number of benzene rings is 1. The lowest BCUT2D eigenvalue weighted by atomic mass is 10.1. The smallest absolute Gasteiger partial charge is 0.433 e. The number of ether oxygens (including phenoxy) is 2. The Hall–Kier alpha value is -2.49. The van der Waals surface area contributed by atoms with Gasteiger partial charge in [-0.3, -0.25) is 4.79 Å². The molecule has 0 atom stereocenters. The molecule has 1 aromatic carbocycles. The lowest BCUT2D eigenvalue weighted by Gasteiger charge is -2.26. The fourth-order valence-electron chi connectivity index (χ4n) is 3.37. The molecule has 1 saturated heterocycles. The fraction of sp³-hybridized carbons (Fsp3) is 0.450. The van der Waals surface area contributed by atoms with Gasteiger partial charge in [0.05, 0.1) is 5.69 Å². The fourth-order valence-corrected chi connectivity index (χ4v) is 4.15. The molecular formula is C20H20F3N3O3S. The first kappa shape index (κ1) is 20.8. The van der Waals surface area contributed by atoms with Crippen LogP contribution >= 0.6 is 11.8 Å². The second-order valence-electron chi connectivity index (χ2n) is 7.03. The van der Waals surface area contributed by atoms with E-state index in [1.807, 2.05) is 4.90 Å². The van der Waals surface area contributed by atoms with Crippen molar-refractivity contribution in [1.29, 1.82) is 0 Å². The minimum absolute atomic E-state index is 0.0102. The topological polar surface area (TPSA) is 64.5 Å². The van der Waals surface area contributed by atoms with Gasteiger partial charge in [0.2, 0.25) is 12.7 Å². The van der Waals surface area contributed by atoms with Gasteiger partial charge in [-0.25, -0.2) is 9.97 Å². The summed E-state index contributed by atoms with van der Waals surface area (Å²) in [5.74, 6) is 1.33. The van der Waals surface area contributed by atoms with Crippen molar-refractivity contribution in [3.63, 3.8) is 0 Å². The zero-order valence-electron chi connectivity index (χ0n) is 16.1. The van der Waals surface area contributed by atoms with E-state index in [2.05, 4.69) is 9.97 Å². The number of rotatable bonds is 5. The van der Waals surface area contributed by atoms with Crippen LogP contribution in [0, 0.1) is 0 Å². The molecule has 0 radical (unpaired) electrons. The van der Waals surface area contributed by atoms with E-state index >= 15 is 0 Å². The summed E-state index contributed by atoms with van der Waals surface area (Å²) in [6.07, 6.45) is -1.25. The molecule has 30 heavy (non-hydrogen) atoms. The zero-order chi connectivity index (χ0) is 21.1. The molecule has 3 heterocycles. The normalized spacial score (nSPS) is 16.0. The SMILES string of the molecule is O=C(CCSc1nc(-c2ccc3c(c2)OCO3)cc(C(F)(F)F)n1)N1CCCCC1. The Morgan fingerprint density at radius 1 is 1.07 bits per heavy atom. The first-order chi connectivity index (χ1) is 14.4. The first-order valence-corrected chi connectivity index (χ1v) is 10.7. The van der Waals surface area contributed by atoms with Gasteiger partial charge in [0.15, 0.2) is 16.7 Å². The van der Waals surface area contributed by atoms with Crippen molar-refractivity contribution < 1.29 is 27.4 Å². The van der Waals surface area contributed by atoms with Crippen LogP contribution in [0.5, 0.6) is 11.5 Å². The minimum Gasteiger partial charge on any atom is -0.454 e. The van der Waals surface area contributed by atoms with Crippen molar-refractivity contribution in [3.8, 4) is 22.8 Å². The van der Waals surface area contributed by atoms with Crippen LogP contribution in [0.3, 0.4) is 0 Å². The third kappa shape index (κ3) is 4.80. The molecule has 0 saturated carbocycles. The van der Waals surface area contributed by atoms with Gasteiger partial charge in [0.1, 0.15) is 5.69 Å². The maximum absolute atomic E-state index is 13.4. The van der Waals surface area contributed by atoms with Gasteiger partial charge in [-0.05, 0) is 43.5 Å². The molecule has 10 heteroatoms. The second-order valence-corrected chi connectivity index (χ2v) is 8.09. The molecule has 2 aliphatic heterocycles. The summed E-state index contributed by atoms with van der Waals surface area (Å²) in [5.41, 5.74) is -0.408. The van der Waals surface area contributed by atoms with E-state index in [-0.39, 0.29) is 30.0 Å². The molecule has 0 spiro atoms. The number of aromatic nitrogens is 2. The highest BCUT2D eigenvalue weighted by Crippen LogP contribution is 2.37. The molecular weight excluding hydrogens is 419 g/mol. The van der Waals surface area contributed by atoms with E-state index in [1.54, 1.807) is 18.2 Å². The molecule has 1 fully saturated rings. The average Bonchev–Trinajstić information content (AvgIpc) is 3.21. The summed E-state index contributed by atoms with van der Waals surface area (Å²) in [7, 11) is 0. The number of hydrogen-bond donors (Lipinski definition) is 0. The van der Waals surface area contributed by atoms with Crippen LogP contribution in [0.1, 0.15) is 31.4 Å². The van der Waals surface area contributed by atoms with Crippen LogP contribution in [0.15, 0.2) is 29.4 Å². The molecule has 0 bridgehead atoms. The van der Waals surface area contributed by atoms with E-state index in [1.165, 1.54) is 0 Å². The molecule has 1 aromatic heterocycles. The van der Waals surface area contributed by atoms with Crippen molar-refractivity contribution in [2.45, 2.75) is 37.0 Å². The van der Waals surface area contributed by atoms with Gasteiger partial charge in [-0.2, -0.15) is 13.2 Å². The van der Waals surface area contributed by atoms with Crippen molar-refractivity contribution in [2.24, 2.45) is 0 Å². The minimum atomic E-state index is -4.60. The molecule has 0 N–H and O–H groups in total. The zero-order valence-corrected chi connectivity index (χ0v) is 16.9. The Balaban J connectivity index is 1.51. The third-order valence-electron chi connectivity index (χ3n) is 4.92. The van der Waals surface area contributed by atoms with Gasteiger partial charge in [-0.1, -0.05) is 11.8 Å². The lowest BCUT2D eigenvalue weighted by molar-refractivity contribution is -0.141. The number of carbonyl (C=O) groups is 1. The predicted molar refractivity (Wildman–Crippen MR) is 104 cm³/mol. The largest absolute Gasteiger partial charge is 0.454 e. The standard InChI is InChI=1S/C20H20F3N3O3S/c21-20(22,23)17-11-14(13-4-5-15-16(10-13)29-12-28-15)24-19(25-17)30-9-6-18(27)26-7-2-1-3-8-26/h4-5,10-11H,1-3,6-9,12H2. The number of thioether (sulfide) groups is 1. The van der Waals surface area contributed by atoms with Gasteiger partial charge >= 0.3 is 6.18 Å². The number of fused-ring (bicyclic) bond motifs is 1. The maximum Gasteiger partial charge on any atom is 0.433 e. The Bertz CT molecular complexity index is 933. The van der Waals surface area contributed by atoms with Crippen LogP contribution in [0.4, 0.5) is 13.2 Å². The Morgan fingerprint density at radius 3 is 2.60 bits per heavy atom. The van der Waals surface area contributed by atoms with Crippen LogP contribution in [0.25, 0.3) is 11.3 Å². The van der Waals surface area contributed by atoms with Crippen molar-refractivity contribution >= 4 is 17.7 Å². The lowest BCUT2D eigenvalue weighted by Crippen LogP contribution is -2.35. The highest BCUT2D eigenvalue weighted by atomic mass is 32.2. The van der Waals surface area contributed by atoms with E-state index in [9.17, 15) is 18.0 Å². The Morgan fingerprint density at radius 2 is 1.83 bits per heavy atom. The van der Waals surface area contributed by atoms with Gasteiger partial charge < -0.3 is 14.4 Å². The summed E-state index contributed by atoms with van der Waals surface area (Å²) in [6, 6.07) is 5.78. The van der Waals surface area contributed by atoms with E-state index in [0.29, 0.717) is 22.8 Å². The number of nitrogens with zero attached hydrogens (tertiary/aromatic N) is 3. The van der Waals surface area contributed by atoms with Gasteiger partial charge in [-0.15, -0.1) is 0 Å². The van der Waals surface area contributed by atoms with E-state index in [4.69, 9.17) is 9.47 Å². The Labute approximate surface area is 175 Å². The van der Waals surface area contributed by atoms with E-state index in [0.717, 1.165) is 50.2 Å². The maximum atomic E-state index is 13.4. The van der Waals surface area contributed by atoms with E-state index < -0.39 is 11.9 Å². The average molecular weight is 439 g/mol. The number of carbonyl (C=O) groups excluding carboxylic acids is 1. The molecule has 160 valence electrons. The number of amides is 1. The summed E-state index contributed by atoms with van der Waals surface area (Å²) in [5, 5.41) is -0.0102. The quantitative estimate of drug-likeness (QED) is 0.509. The summed E-state index contributed by atoms with van der Waals surface area (Å²) in [6.45, 7) is 1.57. The van der Waals surface area contributed by atoms with Crippen LogP contribution < -0.4 is 9.47 Å². The summed E-state index contributed by atoms with van der Waals surface area (Å²) < 4.78 is 50.7.